The Kier molecular flexibility index (Phi) is 3.69. The van der Waals surface area contributed by atoms with Gasteiger partial charge in [0.05, 0.1) is 5.69 Å². The molecule has 0 spiro atoms. The zero-order valence-electron chi connectivity index (χ0n) is 10.8. The first-order chi connectivity index (χ1) is 9.38. The van der Waals surface area contributed by atoms with Gasteiger partial charge in [-0.15, -0.1) is 0 Å². The molecule has 0 bridgehead atoms. The van der Waals surface area contributed by atoms with Crippen LogP contribution in [-0.4, -0.2) is 27.5 Å². The smallest absolute Gasteiger partial charge is 0.388 e. The number of carbonyl (C=O) groups is 1. The lowest BCUT2D eigenvalue weighted by Crippen LogP contribution is -2.09. The summed E-state index contributed by atoms with van der Waals surface area (Å²) >= 11 is 0. The lowest BCUT2D eigenvalue weighted by atomic mass is 10.1. The largest absolute Gasteiger partial charge is 0.476 e. The third-order valence-electron chi connectivity index (χ3n) is 2.69. The zero-order valence-corrected chi connectivity index (χ0v) is 10.8. The van der Waals surface area contributed by atoms with Crippen LogP contribution in [-0.2, 0) is 0 Å². The van der Waals surface area contributed by atoms with Gasteiger partial charge in [0.25, 0.3) is 0 Å². The first-order valence-electron chi connectivity index (χ1n) is 5.74. The molecule has 1 aromatic heterocycles. The van der Waals surface area contributed by atoms with E-state index in [1.807, 2.05) is 13.0 Å². The predicted molar refractivity (Wildman–Crippen MR) is 66.6 cm³/mol. The number of aromatic carboxylic acids is 1. The minimum atomic E-state index is -3.06. The minimum Gasteiger partial charge on any atom is -0.476 e. The summed E-state index contributed by atoms with van der Waals surface area (Å²) in [6.07, 6.45) is 0. The van der Waals surface area contributed by atoms with Crippen LogP contribution >= 0.6 is 0 Å². The van der Waals surface area contributed by atoms with E-state index in [2.05, 4.69) is 9.84 Å². The molecule has 1 aromatic carbocycles. The van der Waals surface area contributed by atoms with Gasteiger partial charge >= 0.3 is 12.6 Å². The number of ether oxygens (including phenoxy) is 1. The van der Waals surface area contributed by atoms with Gasteiger partial charge in [-0.05, 0) is 25.5 Å². The van der Waals surface area contributed by atoms with Gasteiger partial charge in [-0.2, -0.15) is 18.6 Å². The Hall–Kier alpha value is -2.44. The van der Waals surface area contributed by atoms with E-state index >= 15 is 0 Å². The van der Waals surface area contributed by atoms with Crippen molar-refractivity contribution in [2.24, 2.45) is 0 Å². The molecule has 1 N–H and O–H groups in total. The summed E-state index contributed by atoms with van der Waals surface area (Å²) in [5, 5.41) is 12.7. The number of aromatic nitrogens is 2. The lowest BCUT2D eigenvalue weighted by molar-refractivity contribution is -0.0544. The number of hydrogen-bond donors (Lipinski definition) is 1. The van der Waals surface area contributed by atoms with Crippen molar-refractivity contribution in [3.05, 3.63) is 41.1 Å². The van der Waals surface area contributed by atoms with Gasteiger partial charge in [0.2, 0.25) is 5.88 Å². The number of rotatable bonds is 4. The topological polar surface area (TPSA) is 64.4 Å². The third kappa shape index (κ3) is 2.76. The van der Waals surface area contributed by atoms with Crippen molar-refractivity contribution in [1.82, 2.24) is 9.78 Å². The first kappa shape index (κ1) is 14.0. The van der Waals surface area contributed by atoms with Crippen LogP contribution in [0.1, 0.15) is 21.6 Å². The van der Waals surface area contributed by atoms with Crippen LogP contribution in [0.3, 0.4) is 0 Å². The molecule has 0 fully saturated rings. The summed E-state index contributed by atoms with van der Waals surface area (Å²) in [5.74, 6) is -1.63. The van der Waals surface area contributed by atoms with Gasteiger partial charge in [0, 0.05) is 6.07 Å². The maximum Gasteiger partial charge on any atom is 0.388 e. The lowest BCUT2D eigenvalue weighted by Gasteiger charge is -2.11. The molecule has 106 valence electrons. The molecule has 20 heavy (non-hydrogen) atoms. The Morgan fingerprint density at radius 1 is 1.35 bits per heavy atom. The molecule has 0 aliphatic heterocycles. The van der Waals surface area contributed by atoms with Gasteiger partial charge in [-0.1, -0.05) is 17.7 Å². The summed E-state index contributed by atoms with van der Waals surface area (Å²) in [4.78, 5) is 10.9. The maximum atomic E-state index is 12.4. The fraction of sp³-hybridized carbons (Fsp3) is 0.231. The van der Waals surface area contributed by atoms with Crippen LogP contribution in [0.25, 0.3) is 5.69 Å². The average Bonchev–Trinajstić information content (AvgIpc) is 2.72. The number of halogens is 2. The van der Waals surface area contributed by atoms with E-state index in [1.54, 1.807) is 19.1 Å². The number of carboxylic acid groups (broad SMARTS) is 1. The average molecular weight is 282 g/mol. The van der Waals surface area contributed by atoms with Crippen LogP contribution in [0.2, 0.25) is 0 Å². The van der Waals surface area contributed by atoms with E-state index < -0.39 is 12.6 Å². The van der Waals surface area contributed by atoms with Crippen LogP contribution in [0.15, 0.2) is 24.3 Å². The molecule has 0 radical (unpaired) electrons. The second-order valence-corrected chi connectivity index (χ2v) is 4.25. The predicted octanol–water partition coefficient (Wildman–Crippen LogP) is 2.79. The molecular weight excluding hydrogens is 270 g/mol. The molecular formula is C13H12F2N2O3. The van der Waals surface area contributed by atoms with Crippen LogP contribution in [0, 0.1) is 13.8 Å². The SMILES string of the molecule is Cc1ccc(-n2nc(C(=O)O)cc2OC(F)F)c(C)c1. The Morgan fingerprint density at radius 2 is 2.05 bits per heavy atom. The molecule has 0 saturated heterocycles. The van der Waals surface area contributed by atoms with E-state index in [4.69, 9.17) is 5.11 Å². The fourth-order valence-corrected chi connectivity index (χ4v) is 1.86. The summed E-state index contributed by atoms with van der Waals surface area (Å²) < 4.78 is 30.1. The Bertz CT molecular complexity index is 653. The number of alkyl halides is 2. The summed E-state index contributed by atoms with van der Waals surface area (Å²) in [5.41, 5.74) is 1.89. The molecule has 0 aliphatic rings. The van der Waals surface area contributed by atoms with Crippen molar-refractivity contribution in [2.75, 3.05) is 0 Å². The zero-order chi connectivity index (χ0) is 14.9. The minimum absolute atomic E-state index is 0.315. The van der Waals surface area contributed by atoms with Crippen molar-refractivity contribution in [2.45, 2.75) is 20.5 Å². The Balaban J connectivity index is 2.55. The quantitative estimate of drug-likeness (QED) is 0.936. The molecule has 0 aliphatic carbocycles. The standard InChI is InChI=1S/C13H12F2N2O3/c1-7-3-4-10(8(2)5-7)17-11(20-13(14)15)6-9(16-17)12(18)19/h3-6,13H,1-2H3,(H,18,19). The van der Waals surface area contributed by atoms with Crippen molar-refractivity contribution >= 4 is 5.97 Å². The molecule has 2 aromatic rings. The summed E-state index contributed by atoms with van der Waals surface area (Å²) in [6.45, 7) is 0.605. The van der Waals surface area contributed by atoms with Gasteiger partial charge in [-0.3, -0.25) is 0 Å². The molecule has 0 atom stereocenters. The van der Waals surface area contributed by atoms with Crippen molar-refractivity contribution in [3.63, 3.8) is 0 Å². The molecule has 7 heteroatoms. The van der Waals surface area contributed by atoms with E-state index in [0.717, 1.165) is 21.9 Å². The molecule has 0 saturated carbocycles. The normalized spacial score (nSPS) is 10.8. The number of hydrogen-bond acceptors (Lipinski definition) is 3. The Morgan fingerprint density at radius 3 is 2.60 bits per heavy atom. The van der Waals surface area contributed by atoms with Gasteiger partial charge < -0.3 is 9.84 Å². The molecule has 0 amide bonds. The summed E-state index contributed by atoms with van der Waals surface area (Å²) in [6, 6.07) is 6.25. The number of aryl methyl sites for hydroxylation is 2. The highest BCUT2D eigenvalue weighted by Gasteiger charge is 2.19. The van der Waals surface area contributed by atoms with E-state index in [1.165, 1.54) is 0 Å². The third-order valence-corrected chi connectivity index (χ3v) is 2.69. The maximum absolute atomic E-state index is 12.4. The fourth-order valence-electron chi connectivity index (χ4n) is 1.86. The van der Waals surface area contributed by atoms with E-state index in [0.29, 0.717) is 5.69 Å². The molecule has 0 unspecified atom stereocenters. The van der Waals surface area contributed by atoms with E-state index in [9.17, 15) is 13.6 Å². The van der Waals surface area contributed by atoms with E-state index in [-0.39, 0.29) is 11.6 Å². The highest BCUT2D eigenvalue weighted by molar-refractivity contribution is 5.85. The first-order valence-corrected chi connectivity index (χ1v) is 5.74. The van der Waals surface area contributed by atoms with Crippen molar-refractivity contribution < 1.29 is 23.4 Å². The highest BCUT2D eigenvalue weighted by atomic mass is 19.3. The number of carboxylic acids is 1. The van der Waals surface area contributed by atoms with Gasteiger partial charge in [0.15, 0.2) is 5.69 Å². The van der Waals surface area contributed by atoms with Crippen LogP contribution < -0.4 is 4.74 Å². The monoisotopic (exact) mass is 282 g/mol. The summed E-state index contributed by atoms with van der Waals surface area (Å²) in [7, 11) is 0. The van der Waals surface area contributed by atoms with Crippen molar-refractivity contribution in [3.8, 4) is 11.6 Å². The molecule has 5 nitrogen and oxygen atoms in total. The molecule has 1 heterocycles. The highest BCUT2D eigenvalue weighted by Crippen LogP contribution is 2.24. The molecule has 2 rings (SSSR count). The van der Waals surface area contributed by atoms with Gasteiger partial charge in [0.1, 0.15) is 0 Å². The second-order valence-electron chi connectivity index (χ2n) is 4.25. The van der Waals surface area contributed by atoms with Gasteiger partial charge in [-0.25, -0.2) is 4.79 Å². The Labute approximate surface area is 113 Å². The number of benzene rings is 1. The number of nitrogens with zero attached hydrogens (tertiary/aromatic N) is 2. The van der Waals surface area contributed by atoms with Crippen molar-refractivity contribution in [1.29, 1.82) is 0 Å². The van der Waals surface area contributed by atoms with Crippen LogP contribution in [0.5, 0.6) is 5.88 Å². The second kappa shape index (κ2) is 5.28. The van der Waals surface area contributed by atoms with Crippen LogP contribution in [0.4, 0.5) is 8.78 Å².